The Hall–Kier alpha value is -1.81. The molecule has 0 unspecified atom stereocenters. The van der Waals surface area contributed by atoms with Crippen LogP contribution in [0.1, 0.15) is 37.7 Å². The van der Waals surface area contributed by atoms with E-state index in [1.807, 2.05) is 37.4 Å². The van der Waals surface area contributed by atoms with Gasteiger partial charge in [-0.2, -0.15) is 0 Å². The fourth-order valence-electron chi connectivity index (χ4n) is 2.98. The predicted octanol–water partition coefficient (Wildman–Crippen LogP) is 4.57. The first-order valence-corrected chi connectivity index (χ1v) is 8.36. The van der Waals surface area contributed by atoms with Crippen LogP contribution in [-0.2, 0) is 0 Å². The van der Waals surface area contributed by atoms with Crippen LogP contribution in [0.5, 0.6) is 0 Å². The molecule has 0 aliphatic heterocycles. The highest BCUT2D eigenvalue weighted by Gasteiger charge is 2.26. The van der Waals surface area contributed by atoms with Gasteiger partial charge in [-0.25, -0.2) is 4.79 Å². The Balaban J connectivity index is 2.19. The lowest BCUT2D eigenvalue weighted by Gasteiger charge is -2.34. The molecule has 1 aromatic carbocycles. The number of nitrogens with zero attached hydrogens (tertiary/aromatic N) is 3. The van der Waals surface area contributed by atoms with E-state index in [2.05, 4.69) is 11.7 Å². The number of hydrogen-bond donors (Lipinski definition) is 0. The minimum Gasteiger partial charge on any atom is -0.324 e. The number of rotatable bonds is 4. The van der Waals surface area contributed by atoms with E-state index in [4.69, 9.17) is 11.6 Å². The molecule has 0 N–H and O–H groups in total. The second-order valence-electron chi connectivity index (χ2n) is 5.91. The summed E-state index contributed by atoms with van der Waals surface area (Å²) in [5, 5.41) is 0.291. The van der Waals surface area contributed by atoms with Gasteiger partial charge >= 0.3 is 6.03 Å². The Morgan fingerprint density at radius 2 is 1.78 bits per heavy atom. The Morgan fingerprint density at radius 3 is 2.35 bits per heavy atom. The highest BCUT2D eigenvalue weighted by Crippen LogP contribution is 2.27. The summed E-state index contributed by atoms with van der Waals surface area (Å²) < 4.78 is 0. The SMILES string of the molecule is C=NC(=C(Cl)N(C)C(=O)N(C)C1CCCCC1)c1ccccc1. The molecule has 1 aromatic rings. The van der Waals surface area contributed by atoms with Crippen LogP contribution in [0.3, 0.4) is 0 Å². The molecule has 2 rings (SSSR count). The lowest BCUT2D eigenvalue weighted by atomic mass is 9.95. The van der Waals surface area contributed by atoms with Gasteiger partial charge < -0.3 is 4.90 Å². The van der Waals surface area contributed by atoms with Gasteiger partial charge in [0.1, 0.15) is 10.9 Å². The third-order valence-electron chi connectivity index (χ3n) is 4.41. The molecule has 5 heteroatoms. The molecule has 1 aliphatic rings. The van der Waals surface area contributed by atoms with E-state index >= 15 is 0 Å². The highest BCUT2D eigenvalue weighted by molar-refractivity contribution is 6.33. The number of hydrogen-bond acceptors (Lipinski definition) is 2. The maximum atomic E-state index is 12.7. The van der Waals surface area contributed by atoms with Crippen molar-refractivity contribution in [2.24, 2.45) is 4.99 Å². The normalized spacial score (nSPS) is 16.5. The summed E-state index contributed by atoms with van der Waals surface area (Å²) in [6.07, 6.45) is 5.73. The molecule has 0 atom stereocenters. The molecule has 4 nitrogen and oxygen atoms in total. The highest BCUT2D eigenvalue weighted by atomic mass is 35.5. The van der Waals surface area contributed by atoms with Crippen LogP contribution in [0, 0.1) is 0 Å². The molecule has 124 valence electrons. The average molecular weight is 334 g/mol. The molecule has 1 aliphatic carbocycles. The summed E-state index contributed by atoms with van der Waals surface area (Å²) >= 11 is 6.43. The predicted molar refractivity (Wildman–Crippen MR) is 96.6 cm³/mol. The number of halogens is 1. The van der Waals surface area contributed by atoms with Crippen molar-refractivity contribution >= 4 is 30.0 Å². The molecule has 0 bridgehead atoms. The van der Waals surface area contributed by atoms with Crippen LogP contribution in [0.25, 0.3) is 5.70 Å². The zero-order valence-electron chi connectivity index (χ0n) is 13.8. The maximum absolute atomic E-state index is 12.7. The van der Waals surface area contributed by atoms with Gasteiger partial charge in [0.15, 0.2) is 0 Å². The molecule has 0 heterocycles. The van der Waals surface area contributed by atoms with Crippen molar-refractivity contribution < 1.29 is 4.79 Å². The third kappa shape index (κ3) is 4.14. The molecule has 0 aromatic heterocycles. The van der Waals surface area contributed by atoms with Crippen molar-refractivity contribution in [1.82, 2.24) is 9.80 Å². The van der Waals surface area contributed by atoms with Crippen LogP contribution in [0.15, 0.2) is 40.5 Å². The van der Waals surface area contributed by atoms with E-state index < -0.39 is 0 Å². The zero-order chi connectivity index (χ0) is 16.8. The first-order chi connectivity index (χ1) is 11.1. The smallest absolute Gasteiger partial charge is 0.324 e. The minimum absolute atomic E-state index is 0.112. The molecule has 0 saturated heterocycles. The minimum atomic E-state index is -0.112. The summed E-state index contributed by atoms with van der Waals surface area (Å²) in [6.45, 7) is 3.59. The monoisotopic (exact) mass is 333 g/mol. The van der Waals surface area contributed by atoms with E-state index in [0.717, 1.165) is 18.4 Å². The standard InChI is InChI=1S/C18H24ClN3O/c1-20-16(14-10-6-4-7-11-14)17(19)22(3)18(23)21(2)15-12-8-5-9-13-15/h4,6-7,10-11,15H,1,5,8-9,12-13H2,2-3H3. The number of urea groups is 1. The Kier molecular flexibility index (Phi) is 6.22. The third-order valence-corrected chi connectivity index (χ3v) is 4.84. The molecule has 0 spiro atoms. The second kappa shape index (κ2) is 8.16. The van der Waals surface area contributed by atoms with Crippen LogP contribution >= 0.6 is 11.6 Å². The second-order valence-corrected chi connectivity index (χ2v) is 6.27. The fraction of sp³-hybridized carbons (Fsp3) is 0.444. The lowest BCUT2D eigenvalue weighted by molar-refractivity contribution is 0.153. The lowest BCUT2D eigenvalue weighted by Crippen LogP contribution is -2.44. The summed E-state index contributed by atoms with van der Waals surface area (Å²) in [7, 11) is 3.53. The van der Waals surface area contributed by atoms with Crippen molar-refractivity contribution in [3.05, 3.63) is 41.1 Å². The summed E-state index contributed by atoms with van der Waals surface area (Å²) in [5.74, 6) is 0. The summed E-state index contributed by atoms with van der Waals surface area (Å²) in [6, 6.07) is 9.70. The van der Waals surface area contributed by atoms with Crippen LogP contribution in [-0.4, -0.2) is 42.7 Å². The van der Waals surface area contributed by atoms with Gasteiger partial charge in [0.05, 0.1) is 0 Å². The first-order valence-electron chi connectivity index (χ1n) is 7.98. The molecule has 2 amide bonds. The fourth-order valence-corrected chi connectivity index (χ4v) is 3.22. The van der Waals surface area contributed by atoms with Crippen LogP contribution in [0.4, 0.5) is 4.79 Å². The van der Waals surface area contributed by atoms with E-state index in [1.165, 1.54) is 24.2 Å². The van der Waals surface area contributed by atoms with E-state index in [-0.39, 0.29) is 6.03 Å². The Bertz CT molecular complexity index is 579. The van der Waals surface area contributed by atoms with Crippen molar-refractivity contribution in [2.75, 3.05) is 14.1 Å². The maximum Gasteiger partial charge on any atom is 0.324 e. The van der Waals surface area contributed by atoms with Gasteiger partial charge in [0.2, 0.25) is 0 Å². The molecule has 1 saturated carbocycles. The van der Waals surface area contributed by atoms with Gasteiger partial charge in [-0.3, -0.25) is 9.89 Å². The quantitative estimate of drug-likeness (QED) is 0.587. The van der Waals surface area contributed by atoms with Crippen LogP contribution in [0.2, 0.25) is 0 Å². The molecular weight excluding hydrogens is 310 g/mol. The molecule has 23 heavy (non-hydrogen) atoms. The van der Waals surface area contributed by atoms with Gasteiger partial charge in [0.25, 0.3) is 0 Å². The summed E-state index contributed by atoms with van der Waals surface area (Å²) in [5.41, 5.74) is 1.35. The summed E-state index contributed by atoms with van der Waals surface area (Å²) in [4.78, 5) is 20.0. The number of carbonyl (C=O) groups excluding carboxylic acids is 1. The van der Waals surface area contributed by atoms with Gasteiger partial charge in [0, 0.05) is 25.7 Å². The number of carbonyl (C=O) groups is 1. The van der Waals surface area contributed by atoms with Crippen molar-refractivity contribution in [1.29, 1.82) is 0 Å². The molecule has 1 fully saturated rings. The molecule has 0 radical (unpaired) electrons. The van der Waals surface area contributed by atoms with E-state index in [0.29, 0.717) is 16.9 Å². The van der Waals surface area contributed by atoms with Crippen molar-refractivity contribution in [3.8, 4) is 0 Å². The van der Waals surface area contributed by atoms with E-state index in [9.17, 15) is 4.79 Å². The Labute approximate surface area is 143 Å². The van der Waals surface area contributed by atoms with Gasteiger partial charge in [-0.1, -0.05) is 61.2 Å². The zero-order valence-corrected chi connectivity index (χ0v) is 14.6. The van der Waals surface area contributed by atoms with E-state index in [1.54, 1.807) is 11.9 Å². The number of benzene rings is 1. The van der Waals surface area contributed by atoms with Crippen molar-refractivity contribution in [3.63, 3.8) is 0 Å². The van der Waals surface area contributed by atoms with Gasteiger partial charge in [-0.05, 0) is 19.6 Å². The Morgan fingerprint density at radius 1 is 1.17 bits per heavy atom. The number of amides is 2. The first kappa shape index (κ1) is 17.5. The average Bonchev–Trinajstić information content (AvgIpc) is 2.62. The largest absolute Gasteiger partial charge is 0.324 e. The van der Waals surface area contributed by atoms with Crippen LogP contribution < -0.4 is 0 Å². The topological polar surface area (TPSA) is 35.9 Å². The number of aliphatic imine (C=N–C) groups is 1. The van der Waals surface area contributed by atoms with Gasteiger partial charge in [-0.15, -0.1) is 0 Å². The van der Waals surface area contributed by atoms with Crippen molar-refractivity contribution in [2.45, 2.75) is 38.1 Å². The molecular formula is C18H24ClN3O.